The van der Waals surface area contributed by atoms with Gasteiger partial charge in [-0.05, 0) is 26.0 Å². The van der Waals surface area contributed by atoms with Gasteiger partial charge < -0.3 is 5.32 Å². The van der Waals surface area contributed by atoms with E-state index < -0.39 is 25.5 Å². The zero-order valence-electron chi connectivity index (χ0n) is 11.5. The van der Waals surface area contributed by atoms with Crippen LogP contribution >= 0.6 is 11.6 Å². The number of benzene rings is 1. The first-order valence-corrected chi connectivity index (χ1v) is 8.30. The molecule has 116 valence electrons. The van der Waals surface area contributed by atoms with Crippen molar-refractivity contribution >= 4 is 27.3 Å². The van der Waals surface area contributed by atoms with Gasteiger partial charge in [0, 0.05) is 25.2 Å². The molecule has 1 aliphatic heterocycles. The fraction of sp³-hybridized carbons (Fsp3) is 0.500. The number of nitro groups is 1. The maximum absolute atomic E-state index is 12.6. The number of nitro benzene ring substituents is 1. The lowest BCUT2D eigenvalue weighted by molar-refractivity contribution is -0.387. The highest BCUT2D eigenvalue weighted by atomic mass is 35.5. The van der Waals surface area contributed by atoms with Gasteiger partial charge in [-0.3, -0.25) is 10.1 Å². The Labute approximate surface area is 128 Å². The molecule has 0 radical (unpaired) electrons. The van der Waals surface area contributed by atoms with Gasteiger partial charge in [-0.25, -0.2) is 8.42 Å². The van der Waals surface area contributed by atoms with Crippen molar-refractivity contribution in [3.8, 4) is 0 Å². The fourth-order valence-corrected chi connectivity index (χ4v) is 4.54. The zero-order chi connectivity index (χ0) is 15.6. The monoisotopic (exact) mass is 333 g/mol. The van der Waals surface area contributed by atoms with Crippen LogP contribution in [0.3, 0.4) is 0 Å². The van der Waals surface area contributed by atoms with Crippen LogP contribution in [-0.2, 0) is 10.0 Å². The molecule has 0 bridgehead atoms. The Morgan fingerprint density at radius 2 is 2.00 bits per heavy atom. The summed E-state index contributed by atoms with van der Waals surface area (Å²) in [7, 11) is -2.14. The minimum Gasteiger partial charge on any atom is -0.317 e. The average Bonchev–Trinajstić information content (AvgIpc) is 2.46. The highest BCUT2D eigenvalue weighted by Crippen LogP contribution is 2.34. The van der Waals surface area contributed by atoms with Crippen LogP contribution in [0.1, 0.15) is 12.8 Å². The molecule has 0 atom stereocenters. The topological polar surface area (TPSA) is 92.6 Å². The summed E-state index contributed by atoms with van der Waals surface area (Å²) >= 11 is 5.91. The van der Waals surface area contributed by atoms with Crippen LogP contribution in [0.4, 0.5) is 5.69 Å². The van der Waals surface area contributed by atoms with E-state index in [1.165, 1.54) is 16.4 Å². The van der Waals surface area contributed by atoms with E-state index in [-0.39, 0.29) is 11.1 Å². The van der Waals surface area contributed by atoms with E-state index in [1.807, 2.05) is 7.05 Å². The van der Waals surface area contributed by atoms with E-state index in [0.717, 1.165) is 6.07 Å². The SMILES string of the molecule is CNC1CCN(S(=O)(=O)c2c(Cl)cccc2[N+](=O)[O-])CC1. The second-order valence-corrected chi connectivity index (χ2v) is 7.09. The van der Waals surface area contributed by atoms with E-state index in [2.05, 4.69) is 5.32 Å². The Morgan fingerprint density at radius 3 is 2.52 bits per heavy atom. The predicted molar refractivity (Wildman–Crippen MR) is 78.9 cm³/mol. The molecule has 2 rings (SSSR count). The first kappa shape index (κ1) is 16.2. The van der Waals surface area contributed by atoms with Gasteiger partial charge in [0.05, 0.1) is 9.95 Å². The van der Waals surface area contributed by atoms with E-state index in [4.69, 9.17) is 11.6 Å². The van der Waals surface area contributed by atoms with E-state index >= 15 is 0 Å². The van der Waals surface area contributed by atoms with Crippen molar-refractivity contribution in [3.05, 3.63) is 33.3 Å². The van der Waals surface area contributed by atoms with Gasteiger partial charge in [-0.1, -0.05) is 17.7 Å². The van der Waals surface area contributed by atoms with Crippen LogP contribution in [0, 0.1) is 10.1 Å². The Bertz CT molecular complexity index is 642. The molecule has 1 aromatic carbocycles. The first-order valence-electron chi connectivity index (χ1n) is 6.48. The summed E-state index contributed by atoms with van der Waals surface area (Å²) in [4.78, 5) is 9.92. The largest absolute Gasteiger partial charge is 0.317 e. The molecule has 1 saturated heterocycles. The van der Waals surface area contributed by atoms with Crippen LogP contribution in [0.25, 0.3) is 0 Å². The summed E-state index contributed by atoms with van der Waals surface area (Å²) in [6.45, 7) is 0.631. The van der Waals surface area contributed by atoms with Gasteiger partial charge in [0.25, 0.3) is 15.7 Å². The molecule has 21 heavy (non-hydrogen) atoms. The molecule has 0 aromatic heterocycles. The highest BCUT2D eigenvalue weighted by Gasteiger charge is 2.35. The zero-order valence-corrected chi connectivity index (χ0v) is 13.0. The van der Waals surface area contributed by atoms with Gasteiger partial charge in [-0.15, -0.1) is 0 Å². The van der Waals surface area contributed by atoms with E-state index in [1.54, 1.807) is 0 Å². The minimum absolute atomic E-state index is 0.125. The molecule has 1 heterocycles. The lowest BCUT2D eigenvalue weighted by atomic mass is 10.1. The molecule has 0 aliphatic carbocycles. The third-order valence-corrected chi connectivity index (χ3v) is 6.02. The van der Waals surface area contributed by atoms with Gasteiger partial charge in [0.15, 0.2) is 4.90 Å². The van der Waals surface area contributed by atoms with Crippen molar-refractivity contribution in [2.75, 3.05) is 20.1 Å². The lowest BCUT2D eigenvalue weighted by Gasteiger charge is -2.31. The quantitative estimate of drug-likeness (QED) is 0.667. The normalized spacial score (nSPS) is 17.8. The van der Waals surface area contributed by atoms with Crippen LogP contribution in [0.15, 0.2) is 23.1 Å². The number of rotatable bonds is 4. The summed E-state index contributed by atoms with van der Waals surface area (Å²) in [6, 6.07) is 4.13. The molecule has 1 aliphatic rings. The van der Waals surface area contributed by atoms with Crippen LogP contribution in [0.2, 0.25) is 5.02 Å². The molecular formula is C12H16ClN3O4S. The number of piperidine rings is 1. The Kier molecular flexibility index (Phi) is 4.82. The van der Waals surface area contributed by atoms with Gasteiger partial charge in [0.1, 0.15) is 0 Å². The standard InChI is InChI=1S/C12H16ClN3O4S/c1-14-9-5-7-15(8-6-9)21(19,20)12-10(13)3-2-4-11(12)16(17)18/h2-4,9,14H,5-8H2,1H3. The smallest absolute Gasteiger partial charge is 0.290 e. The predicted octanol–water partition coefficient (Wildman–Crippen LogP) is 1.62. The second kappa shape index (κ2) is 6.27. The third-order valence-electron chi connectivity index (χ3n) is 3.60. The summed E-state index contributed by atoms with van der Waals surface area (Å²) in [5.41, 5.74) is -0.488. The highest BCUT2D eigenvalue weighted by molar-refractivity contribution is 7.89. The molecule has 1 aromatic rings. The van der Waals surface area contributed by atoms with Crippen molar-refractivity contribution in [1.82, 2.24) is 9.62 Å². The lowest BCUT2D eigenvalue weighted by Crippen LogP contribution is -2.44. The Hall–Kier alpha value is -1.22. The minimum atomic E-state index is -3.97. The van der Waals surface area contributed by atoms with Gasteiger partial charge >= 0.3 is 0 Å². The average molecular weight is 334 g/mol. The number of nitrogens with zero attached hydrogens (tertiary/aromatic N) is 2. The Morgan fingerprint density at radius 1 is 1.38 bits per heavy atom. The van der Waals surface area contributed by atoms with Crippen molar-refractivity contribution in [2.45, 2.75) is 23.8 Å². The number of hydrogen-bond acceptors (Lipinski definition) is 5. The summed E-state index contributed by atoms with van der Waals surface area (Å²) in [5.74, 6) is 0. The van der Waals surface area contributed by atoms with Crippen LogP contribution in [0.5, 0.6) is 0 Å². The second-order valence-electron chi connectivity index (χ2n) is 4.81. The van der Waals surface area contributed by atoms with Crippen LogP contribution < -0.4 is 5.32 Å². The number of nitrogens with one attached hydrogen (secondary N) is 1. The molecule has 0 spiro atoms. The van der Waals surface area contributed by atoms with E-state index in [0.29, 0.717) is 25.9 Å². The van der Waals surface area contributed by atoms with Crippen molar-refractivity contribution < 1.29 is 13.3 Å². The summed E-state index contributed by atoms with van der Waals surface area (Å²) in [6.07, 6.45) is 1.32. The molecule has 1 fully saturated rings. The fourth-order valence-electron chi connectivity index (χ4n) is 2.41. The van der Waals surface area contributed by atoms with Gasteiger partial charge in [0.2, 0.25) is 0 Å². The summed E-state index contributed by atoms with van der Waals surface area (Å²) < 4.78 is 26.5. The third kappa shape index (κ3) is 3.18. The molecular weight excluding hydrogens is 318 g/mol. The van der Waals surface area contributed by atoms with Crippen LogP contribution in [-0.4, -0.2) is 43.8 Å². The van der Waals surface area contributed by atoms with Crippen molar-refractivity contribution in [3.63, 3.8) is 0 Å². The number of sulfonamides is 1. The molecule has 0 amide bonds. The van der Waals surface area contributed by atoms with E-state index in [9.17, 15) is 18.5 Å². The molecule has 0 saturated carbocycles. The maximum Gasteiger partial charge on any atom is 0.290 e. The number of hydrogen-bond donors (Lipinski definition) is 1. The molecule has 7 nitrogen and oxygen atoms in total. The first-order chi connectivity index (χ1) is 9.87. The van der Waals surface area contributed by atoms with Crippen molar-refractivity contribution in [1.29, 1.82) is 0 Å². The van der Waals surface area contributed by atoms with Crippen molar-refractivity contribution in [2.24, 2.45) is 0 Å². The maximum atomic E-state index is 12.6. The molecule has 0 unspecified atom stereocenters. The molecule has 9 heteroatoms. The number of halogens is 1. The summed E-state index contributed by atoms with van der Waals surface area (Å²) in [5, 5.41) is 14.0. The Balaban J connectivity index is 2.39. The van der Waals surface area contributed by atoms with Gasteiger partial charge in [-0.2, -0.15) is 4.31 Å². The molecule has 1 N–H and O–H groups in total.